The zero-order chi connectivity index (χ0) is 15.0. The first-order chi connectivity index (χ1) is 9.47. The van der Waals surface area contributed by atoms with Crippen molar-refractivity contribution < 1.29 is 10.3 Å². The lowest BCUT2D eigenvalue weighted by atomic mass is 9.86. The van der Waals surface area contributed by atoms with Crippen LogP contribution in [0.25, 0.3) is 0 Å². The SMILES string of the molecule is CC(C)(CCCNCC(O)c1ccccc1)C(N)=NO. The van der Waals surface area contributed by atoms with Gasteiger partial charge in [0.05, 0.1) is 6.10 Å². The molecule has 0 saturated carbocycles. The minimum absolute atomic E-state index is 0.252. The van der Waals surface area contributed by atoms with E-state index in [4.69, 9.17) is 10.9 Å². The maximum atomic E-state index is 9.97. The molecule has 5 N–H and O–H groups in total. The Hall–Kier alpha value is -1.59. The molecular weight excluding hydrogens is 254 g/mol. The smallest absolute Gasteiger partial charge is 0.144 e. The van der Waals surface area contributed by atoms with Gasteiger partial charge in [-0.15, -0.1) is 0 Å². The number of hydrogen-bond donors (Lipinski definition) is 4. The maximum Gasteiger partial charge on any atom is 0.144 e. The van der Waals surface area contributed by atoms with E-state index < -0.39 is 6.10 Å². The Morgan fingerprint density at radius 2 is 2.00 bits per heavy atom. The summed E-state index contributed by atoms with van der Waals surface area (Å²) in [7, 11) is 0. The summed E-state index contributed by atoms with van der Waals surface area (Å²) < 4.78 is 0. The van der Waals surface area contributed by atoms with Crippen molar-refractivity contribution in [1.29, 1.82) is 0 Å². The molecule has 1 aromatic carbocycles. The molecule has 0 bridgehead atoms. The number of oxime groups is 1. The molecule has 5 heteroatoms. The van der Waals surface area contributed by atoms with Crippen LogP contribution in [0.5, 0.6) is 0 Å². The predicted octanol–water partition coefficient (Wildman–Crippen LogP) is 1.86. The number of hydrogen-bond acceptors (Lipinski definition) is 4. The summed E-state index contributed by atoms with van der Waals surface area (Å²) >= 11 is 0. The summed E-state index contributed by atoms with van der Waals surface area (Å²) in [6.45, 7) is 5.20. The lowest BCUT2D eigenvalue weighted by Gasteiger charge is -2.22. The van der Waals surface area contributed by atoms with Crippen molar-refractivity contribution in [3.63, 3.8) is 0 Å². The van der Waals surface area contributed by atoms with Gasteiger partial charge in [0.25, 0.3) is 0 Å². The van der Waals surface area contributed by atoms with Gasteiger partial charge in [0.15, 0.2) is 0 Å². The Labute approximate surface area is 120 Å². The van der Waals surface area contributed by atoms with Crippen molar-refractivity contribution in [1.82, 2.24) is 5.32 Å². The molecule has 1 aromatic rings. The molecule has 0 aliphatic heterocycles. The number of nitrogens with zero attached hydrogens (tertiary/aromatic N) is 1. The van der Waals surface area contributed by atoms with Crippen molar-refractivity contribution in [2.45, 2.75) is 32.8 Å². The lowest BCUT2D eigenvalue weighted by Crippen LogP contribution is -2.33. The van der Waals surface area contributed by atoms with Crippen molar-refractivity contribution >= 4 is 5.84 Å². The van der Waals surface area contributed by atoms with Crippen LogP contribution in [0.2, 0.25) is 0 Å². The van der Waals surface area contributed by atoms with E-state index in [1.807, 2.05) is 44.2 Å². The van der Waals surface area contributed by atoms with Crippen LogP contribution in [-0.2, 0) is 0 Å². The molecule has 1 unspecified atom stereocenters. The van der Waals surface area contributed by atoms with Gasteiger partial charge in [0.1, 0.15) is 5.84 Å². The van der Waals surface area contributed by atoms with Gasteiger partial charge in [0.2, 0.25) is 0 Å². The van der Waals surface area contributed by atoms with Crippen molar-refractivity contribution in [2.75, 3.05) is 13.1 Å². The van der Waals surface area contributed by atoms with Gasteiger partial charge in [-0.3, -0.25) is 0 Å². The molecule has 0 aliphatic carbocycles. The minimum atomic E-state index is -0.492. The van der Waals surface area contributed by atoms with Gasteiger partial charge in [0, 0.05) is 12.0 Å². The Balaban J connectivity index is 2.23. The summed E-state index contributed by atoms with van der Waals surface area (Å²) in [5.41, 5.74) is 6.23. The number of nitrogens with one attached hydrogen (secondary N) is 1. The van der Waals surface area contributed by atoms with E-state index in [1.165, 1.54) is 0 Å². The second-order valence-corrected chi connectivity index (χ2v) is 5.60. The first-order valence-electron chi connectivity index (χ1n) is 6.89. The van der Waals surface area contributed by atoms with Gasteiger partial charge < -0.3 is 21.4 Å². The van der Waals surface area contributed by atoms with Crippen LogP contribution in [0.3, 0.4) is 0 Å². The van der Waals surface area contributed by atoms with E-state index in [9.17, 15) is 5.11 Å². The number of aliphatic hydroxyl groups is 1. The third kappa shape index (κ3) is 5.19. The molecule has 0 heterocycles. The monoisotopic (exact) mass is 279 g/mol. The molecule has 0 saturated heterocycles. The largest absolute Gasteiger partial charge is 0.409 e. The predicted molar refractivity (Wildman–Crippen MR) is 80.7 cm³/mol. The fraction of sp³-hybridized carbons (Fsp3) is 0.533. The third-order valence-electron chi connectivity index (χ3n) is 3.48. The van der Waals surface area contributed by atoms with E-state index in [1.54, 1.807) is 0 Å². The summed E-state index contributed by atoms with van der Waals surface area (Å²) in [5.74, 6) is 0.252. The second kappa shape index (κ2) is 7.87. The van der Waals surface area contributed by atoms with E-state index in [0.29, 0.717) is 6.54 Å². The molecule has 0 amide bonds. The molecule has 112 valence electrons. The average molecular weight is 279 g/mol. The minimum Gasteiger partial charge on any atom is -0.409 e. The number of aliphatic hydroxyl groups excluding tert-OH is 1. The molecule has 0 aromatic heterocycles. The van der Waals surface area contributed by atoms with Crippen LogP contribution < -0.4 is 11.1 Å². The first-order valence-corrected chi connectivity index (χ1v) is 6.89. The molecule has 0 fully saturated rings. The molecule has 0 aliphatic rings. The lowest BCUT2D eigenvalue weighted by molar-refractivity contribution is 0.174. The highest BCUT2D eigenvalue weighted by Crippen LogP contribution is 2.22. The van der Waals surface area contributed by atoms with Crippen LogP contribution in [0.15, 0.2) is 35.5 Å². The summed E-state index contributed by atoms with van der Waals surface area (Å²) in [4.78, 5) is 0. The fourth-order valence-corrected chi connectivity index (χ4v) is 1.95. The van der Waals surface area contributed by atoms with Crippen molar-refractivity contribution in [3.8, 4) is 0 Å². The van der Waals surface area contributed by atoms with Crippen LogP contribution >= 0.6 is 0 Å². The molecule has 0 radical (unpaired) electrons. The second-order valence-electron chi connectivity index (χ2n) is 5.60. The van der Waals surface area contributed by atoms with E-state index in [2.05, 4.69) is 10.5 Å². The standard InChI is InChI=1S/C15H25N3O2/c1-15(2,14(16)18-20)9-6-10-17-11-13(19)12-7-4-3-5-8-12/h3-5,7-8,13,17,19-20H,6,9-11H2,1-2H3,(H2,16,18). The van der Waals surface area contributed by atoms with Gasteiger partial charge in [-0.25, -0.2) is 0 Å². The first kappa shape index (κ1) is 16.5. The summed E-state index contributed by atoms with van der Waals surface area (Å²) in [6.07, 6.45) is 1.22. The van der Waals surface area contributed by atoms with Crippen LogP contribution in [0, 0.1) is 5.41 Å². The quantitative estimate of drug-likeness (QED) is 0.192. The average Bonchev–Trinajstić information content (AvgIpc) is 2.46. The number of nitrogens with two attached hydrogens (primary N) is 1. The zero-order valence-corrected chi connectivity index (χ0v) is 12.2. The third-order valence-corrected chi connectivity index (χ3v) is 3.48. The Kier molecular flexibility index (Phi) is 6.48. The zero-order valence-electron chi connectivity index (χ0n) is 12.2. The summed E-state index contributed by atoms with van der Waals surface area (Å²) in [5, 5.41) is 24.9. The van der Waals surface area contributed by atoms with Gasteiger partial charge in [-0.05, 0) is 24.9 Å². The van der Waals surface area contributed by atoms with E-state index >= 15 is 0 Å². The number of amidine groups is 1. The highest BCUT2D eigenvalue weighted by atomic mass is 16.4. The van der Waals surface area contributed by atoms with Crippen molar-refractivity contribution in [3.05, 3.63) is 35.9 Å². The Morgan fingerprint density at radius 1 is 1.35 bits per heavy atom. The van der Waals surface area contributed by atoms with Gasteiger partial charge in [-0.2, -0.15) is 0 Å². The highest BCUT2D eigenvalue weighted by molar-refractivity contribution is 5.85. The van der Waals surface area contributed by atoms with Gasteiger partial charge >= 0.3 is 0 Å². The molecule has 20 heavy (non-hydrogen) atoms. The molecule has 1 atom stereocenters. The topological polar surface area (TPSA) is 90.9 Å². The highest BCUT2D eigenvalue weighted by Gasteiger charge is 2.22. The fourth-order valence-electron chi connectivity index (χ4n) is 1.95. The van der Waals surface area contributed by atoms with E-state index in [-0.39, 0.29) is 11.3 Å². The number of rotatable bonds is 8. The summed E-state index contributed by atoms with van der Waals surface area (Å²) in [6, 6.07) is 9.58. The van der Waals surface area contributed by atoms with E-state index in [0.717, 1.165) is 24.9 Å². The molecule has 5 nitrogen and oxygen atoms in total. The molecule has 0 spiro atoms. The Morgan fingerprint density at radius 3 is 2.60 bits per heavy atom. The normalized spacial score (nSPS) is 14.2. The molecular formula is C15H25N3O2. The van der Waals surface area contributed by atoms with Gasteiger partial charge in [-0.1, -0.05) is 49.3 Å². The van der Waals surface area contributed by atoms with Crippen LogP contribution in [0.4, 0.5) is 0 Å². The Bertz CT molecular complexity index is 418. The van der Waals surface area contributed by atoms with Crippen LogP contribution in [-0.4, -0.2) is 29.2 Å². The maximum absolute atomic E-state index is 9.97. The molecule has 1 rings (SSSR count). The van der Waals surface area contributed by atoms with Crippen LogP contribution in [0.1, 0.15) is 38.4 Å². The number of benzene rings is 1. The van der Waals surface area contributed by atoms with Crippen molar-refractivity contribution in [2.24, 2.45) is 16.3 Å².